The van der Waals surface area contributed by atoms with Crippen LogP contribution in [0.1, 0.15) is 17.0 Å². The summed E-state index contributed by atoms with van der Waals surface area (Å²) < 4.78 is 39.5. The zero-order valence-electron chi connectivity index (χ0n) is 10.8. The van der Waals surface area contributed by atoms with Crippen LogP contribution in [-0.4, -0.2) is 16.5 Å². The Kier molecular flexibility index (Phi) is 3.17. The van der Waals surface area contributed by atoms with Crippen LogP contribution in [0.2, 0.25) is 0 Å². The maximum atomic E-state index is 13.3. The first kappa shape index (κ1) is 13.1. The SMILES string of the molecule is Cc1nc(-c2cc(F)c(F)c(F)c2)nc2c1CNCC2. The van der Waals surface area contributed by atoms with Crippen molar-refractivity contribution in [3.63, 3.8) is 0 Å². The van der Waals surface area contributed by atoms with Crippen LogP contribution in [0.25, 0.3) is 11.4 Å². The Morgan fingerprint density at radius 3 is 2.50 bits per heavy atom. The van der Waals surface area contributed by atoms with Crippen LogP contribution >= 0.6 is 0 Å². The third-order valence-corrected chi connectivity index (χ3v) is 3.38. The molecule has 6 heteroatoms. The van der Waals surface area contributed by atoms with E-state index in [1.807, 2.05) is 6.92 Å². The van der Waals surface area contributed by atoms with Crippen LogP contribution in [0.3, 0.4) is 0 Å². The second-order valence-corrected chi connectivity index (χ2v) is 4.74. The topological polar surface area (TPSA) is 37.8 Å². The van der Waals surface area contributed by atoms with Crippen LogP contribution in [0.15, 0.2) is 12.1 Å². The number of aryl methyl sites for hydroxylation is 1. The Bertz CT molecular complexity index is 663. The Balaban J connectivity index is 2.13. The number of hydrogen-bond acceptors (Lipinski definition) is 3. The van der Waals surface area contributed by atoms with Crippen molar-refractivity contribution in [1.29, 1.82) is 0 Å². The van der Waals surface area contributed by atoms with Crippen molar-refractivity contribution in [2.75, 3.05) is 6.54 Å². The first-order valence-corrected chi connectivity index (χ1v) is 6.28. The predicted molar refractivity (Wildman–Crippen MR) is 67.5 cm³/mol. The number of nitrogens with one attached hydrogen (secondary N) is 1. The number of halogens is 3. The van der Waals surface area contributed by atoms with Crippen LogP contribution in [-0.2, 0) is 13.0 Å². The Morgan fingerprint density at radius 2 is 1.80 bits per heavy atom. The average Bonchev–Trinajstić information content (AvgIpc) is 2.44. The molecule has 0 radical (unpaired) electrons. The van der Waals surface area contributed by atoms with Crippen molar-refractivity contribution in [3.8, 4) is 11.4 Å². The lowest BCUT2D eigenvalue weighted by molar-refractivity contribution is 0.447. The third-order valence-electron chi connectivity index (χ3n) is 3.38. The fourth-order valence-corrected chi connectivity index (χ4v) is 2.33. The summed E-state index contributed by atoms with van der Waals surface area (Å²) in [7, 11) is 0. The number of rotatable bonds is 1. The second-order valence-electron chi connectivity index (χ2n) is 4.74. The van der Waals surface area contributed by atoms with Gasteiger partial charge in [-0.05, 0) is 19.1 Å². The lowest BCUT2D eigenvalue weighted by Gasteiger charge is -2.18. The van der Waals surface area contributed by atoms with Gasteiger partial charge in [0.25, 0.3) is 0 Å². The molecule has 0 bridgehead atoms. The highest BCUT2D eigenvalue weighted by molar-refractivity contribution is 5.56. The molecular weight excluding hydrogens is 267 g/mol. The normalized spacial score (nSPS) is 14.2. The molecule has 3 rings (SSSR count). The summed E-state index contributed by atoms with van der Waals surface area (Å²) in [5.74, 6) is -3.73. The van der Waals surface area contributed by atoms with Gasteiger partial charge in [0, 0.05) is 36.3 Å². The number of nitrogens with zero attached hydrogens (tertiary/aromatic N) is 2. The fraction of sp³-hybridized carbons (Fsp3) is 0.286. The summed E-state index contributed by atoms with van der Waals surface area (Å²) in [6.07, 6.45) is 0.734. The van der Waals surface area contributed by atoms with Gasteiger partial charge in [-0.15, -0.1) is 0 Å². The molecule has 0 aliphatic carbocycles. The van der Waals surface area contributed by atoms with Crippen molar-refractivity contribution in [2.24, 2.45) is 0 Å². The molecule has 0 fully saturated rings. The molecule has 1 N–H and O–H groups in total. The van der Waals surface area contributed by atoms with E-state index in [0.29, 0.717) is 6.54 Å². The van der Waals surface area contributed by atoms with E-state index in [2.05, 4.69) is 15.3 Å². The second kappa shape index (κ2) is 4.86. The standard InChI is InChI=1S/C14H12F3N3/c1-7-9-6-18-3-2-12(9)20-14(19-7)8-4-10(15)13(17)11(16)5-8/h4-5,18H,2-3,6H2,1H3. The van der Waals surface area contributed by atoms with Gasteiger partial charge in [0.1, 0.15) is 0 Å². The molecule has 104 valence electrons. The molecule has 1 aromatic heterocycles. The van der Waals surface area contributed by atoms with E-state index in [1.54, 1.807) is 0 Å². The van der Waals surface area contributed by atoms with Gasteiger partial charge in [-0.2, -0.15) is 0 Å². The number of fused-ring (bicyclic) bond motifs is 1. The quantitative estimate of drug-likeness (QED) is 0.815. The maximum absolute atomic E-state index is 13.3. The molecule has 0 spiro atoms. The lowest BCUT2D eigenvalue weighted by Crippen LogP contribution is -2.26. The summed E-state index contributed by atoms with van der Waals surface area (Å²) in [6, 6.07) is 1.83. The van der Waals surface area contributed by atoms with Crippen LogP contribution in [0.5, 0.6) is 0 Å². The van der Waals surface area contributed by atoms with Crippen LogP contribution in [0, 0.1) is 24.4 Å². The van der Waals surface area contributed by atoms with Crippen molar-refractivity contribution in [2.45, 2.75) is 19.9 Å². The molecule has 1 aliphatic rings. The van der Waals surface area contributed by atoms with E-state index in [9.17, 15) is 13.2 Å². The molecule has 2 heterocycles. The minimum Gasteiger partial charge on any atom is -0.312 e. The zero-order chi connectivity index (χ0) is 14.3. The predicted octanol–water partition coefficient (Wildman–Crippen LogP) is 2.52. The Hall–Kier alpha value is -1.95. The van der Waals surface area contributed by atoms with Gasteiger partial charge < -0.3 is 5.32 Å². The molecule has 1 aliphatic heterocycles. The molecule has 0 saturated heterocycles. The largest absolute Gasteiger partial charge is 0.312 e. The first-order valence-electron chi connectivity index (χ1n) is 6.28. The van der Waals surface area contributed by atoms with Crippen molar-refractivity contribution in [3.05, 3.63) is 46.5 Å². The van der Waals surface area contributed by atoms with Crippen molar-refractivity contribution < 1.29 is 13.2 Å². The van der Waals surface area contributed by atoms with Gasteiger partial charge >= 0.3 is 0 Å². The van der Waals surface area contributed by atoms with E-state index >= 15 is 0 Å². The highest BCUT2D eigenvalue weighted by Crippen LogP contribution is 2.24. The van der Waals surface area contributed by atoms with Crippen LogP contribution in [0.4, 0.5) is 13.2 Å². The highest BCUT2D eigenvalue weighted by Gasteiger charge is 2.18. The summed E-state index contributed by atoms with van der Waals surface area (Å²) >= 11 is 0. The van der Waals surface area contributed by atoms with Crippen molar-refractivity contribution >= 4 is 0 Å². The number of hydrogen-bond donors (Lipinski definition) is 1. The minimum atomic E-state index is -1.48. The molecule has 1 aromatic carbocycles. The smallest absolute Gasteiger partial charge is 0.194 e. The van der Waals surface area contributed by atoms with Crippen molar-refractivity contribution in [1.82, 2.24) is 15.3 Å². The van der Waals surface area contributed by atoms with E-state index in [0.717, 1.165) is 42.0 Å². The average molecular weight is 279 g/mol. The highest BCUT2D eigenvalue weighted by atomic mass is 19.2. The van der Waals surface area contributed by atoms with Gasteiger partial charge in [-0.3, -0.25) is 0 Å². The zero-order valence-corrected chi connectivity index (χ0v) is 10.8. The van der Waals surface area contributed by atoms with Gasteiger partial charge in [0.05, 0.1) is 5.69 Å². The lowest BCUT2D eigenvalue weighted by atomic mass is 10.0. The van der Waals surface area contributed by atoms with E-state index in [-0.39, 0.29) is 11.4 Å². The third kappa shape index (κ3) is 2.16. The molecular formula is C14H12F3N3. The van der Waals surface area contributed by atoms with Gasteiger partial charge in [-0.25, -0.2) is 23.1 Å². The molecule has 0 unspecified atom stereocenters. The minimum absolute atomic E-state index is 0.144. The maximum Gasteiger partial charge on any atom is 0.194 e. The number of benzene rings is 1. The molecule has 20 heavy (non-hydrogen) atoms. The van der Waals surface area contributed by atoms with Gasteiger partial charge in [-0.1, -0.05) is 0 Å². The Labute approximate surface area is 113 Å². The summed E-state index contributed by atoms with van der Waals surface area (Å²) in [5, 5.41) is 3.22. The summed E-state index contributed by atoms with van der Waals surface area (Å²) in [6.45, 7) is 3.32. The molecule has 0 amide bonds. The molecule has 3 nitrogen and oxygen atoms in total. The van der Waals surface area contributed by atoms with Gasteiger partial charge in [0.2, 0.25) is 0 Å². The van der Waals surface area contributed by atoms with Crippen LogP contribution < -0.4 is 5.32 Å². The monoisotopic (exact) mass is 279 g/mol. The molecule has 0 saturated carbocycles. The molecule has 0 atom stereocenters. The van der Waals surface area contributed by atoms with E-state index in [1.165, 1.54) is 0 Å². The van der Waals surface area contributed by atoms with Gasteiger partial charge in [0.15, 0.2) is 23.3 Å². The summed E-state index contributed by atoms with van der Waals surface area (Å²) in [5.41, 5.74) is 2.80. The van der Waals surface area contributed by atoms with E-state index in [4.69, 9.17) is 0 Å². The molecule has 2 aromatic rings. The van der Waals surface area contributed by atoms with E-state index < -0.39 is 17.5 Å². The summed E-state index contributed by atoms with van der Waals surface area (Å²) in [4.78, 5) is 8.61. The Morgan fingerprint density at radius 1 is 1.10 bits per heavy atom. The number of aromatic nitrogens is 2. The first-order chi connectivity index (χ1) is 9.56. The fourth-order valence-electron chi connectivity index (χ4n) is 2.33.